The zero-order chi connectivity index (χ0) is 38.0. The molecule has 3 N–H and O–H groups in total. The molecule has 56 heavy (non-hydrogen) atoms. The molecule has 0 amide bonds. The minimum atomic E-state index is -0.395. The van der Waals surface area contributed by atoms with Crippen molar-refractivity contribution in [3.8, 4) is 0 Å². The molecule has 2 atom stereocenters. The molecule has 2 unspecified atom stereocenters. The number of rotatable bonds is 9. The number of allylic oxidation sites excluding steroid dienone is 2. The first-order chi connectivity index (χ1) is 27.6. The molecule has 2 aromatic carbocycles. The number of aromatic amines is 2. The molecule has 4 heterocycles. The van der Waals surface area contributed by atoms with Crippen molar-refractivity contribution in [3.05, 3.63) is 166 Å². The number of nitrogens with zero attached hydrogens (tertiary/aromatic N) is 8. The lowest BCUT2D eigenvalue weighted by Crippen LogP contribution is -2.32. The van der Waals surface area contributed by atoms with Gasteiger partial charge in [0.25, 0.3) is 0 Å². The van der Waals surface area contributed by atoms with E-state index in [1.54, 1.807) is 32.2 Å². The van der Waals surface area contributed by atoms with E-state index < -0.39 is 5.41 Å². The van der Waals surface area contributed by atoms with Gasteiger partial charge in [-0.15, -0.1) is 0 Å². The predicted octanol–water partition coefficient (Wildman–Crippen LogP) is 7.25. The smallest absolute Gasteiger partial charge is 0.117 e. The Morgan fingerprint density at radius 1 is 0.679 bits per heavy atom. The zero-order valence-electron chi connectivity index (χ0n) is 31.1. The van der Waals surface area contributed by atoms with Gasteiger partial charge in [-0.3, -0.25) is 10.2 Å². The summed E-state index contributed by atoms with van der Waals surface area (Å²) in [7, 11) is 1.59. The molecule has 12 heteroatoms. The third-order valence-corrected chi connectivity index (χ3v) is 11.6. The van der Waals surface area contributed by atoms with Crippen molar-refractivity contribution in [2.45, 2.75) is 55.8 Å². The molecule has 0 saturated heterocycles. The molecule has 0 spiro atoms. The lowest BCUT2D eigenvalue weighted by molar-refractivity contribution is 0.212. The summed E-state index contributed by atoms with van der Waals surface area (Å²) >= 11 is 0. The Labute approximate surface area is 324 Å². The zero-order valence-corrected chi connectivity index (χ0v) is 31.1. The van der Waals surface area contributed by atoms with Gasteiger partial charge < -0.3 is 10.0 Å². The SMILES string of the molecule is CON=C(c1n[nH]c2c1C=CC(c1ccccc1)(c1ccncn1)C2)C1CC1.ON=C(c1n[nH]c2c1C=CC(c1ccccc1)(c1ccncn1)C2)C1CCC1. The molecular formula is C44H42N10O2. The molecule has 280 valence electrons. The topological polar surface area (TPSA) is 163 Å². The van der Waals surface area contributed by atoms with Gasteiger partial charge in [-0.05, 0) is 48.9 Å². The molecule has 0 aliphatic heterocycles. The van der Waals surface area contributed by atoms with Crippen LogP contribution < -0.4 is 0 Å². The highest BCUT2D eigenvalue weighted by atomic mass is 16.6. The molecule has 2 fully saturated rings. The van der Waals surface area contributed by atoms with E-state index in [2.05, 4.69) is 111 Å². The molecule has 10 rings (SSSR count). The standard InChI is InChI=1S/2C22H21N5O/c1-28-27-20(15-7-8-15)21-17-9-11-22(13-18(17)25-26-21,16-5-3-2-4-6-16)19-10-12-23-14-24-19;28-27-20(15-5-4-6-15)21-17-9-11-22(13-18(17)25-26-21,16-7-2-1-3-8-16)19-10-12-23-14-24-19/h2-6,9-12,14-15H,7-8,13H2,1H3,(H,25,26);1-3,7-12,14-15,28H,4-6,13H2,(H,25,26). The van der Waals surface area contributed by atoms with Crippen LogP contribution in [0, 0.1) is 11.8 Å². The third-order valence-electron chi connectivity index (χ3n) is 11.6. The van der Waals surface area contributed by atoms with E-state index in [9.17, 15) is 5.21 Å². The molecule has 0 bridgehead atoms. The normalized spacial score (nSPS) is 21.7. The van der Waals surface area contributed by atoms with Crippen LogP contribution in [-0.2, 0) is 28.5 Å². The Hall–Kier alpha value is -6.56. The molecule has 4 aromatic heterocycles. The fourth-order valence-electron chi connectivity index (χ4n) is 8.31. The summed E-state index contributed by atoms with van der Waals surface area (Å²) in [4.78, 5) is 22.4. The average molecular weight is 743 g/mol. The quantitative estimate of drug-likeness (QED) is 0.0793. The van der Waals surface area contributed by atoms with Gasteiger partial charge in [0.15, 0.2) is 0 Å². The predicted molar refractivity (Wildman–Crippen MR) is 213 cm³/mol. The number of benzene rings is 2. The van der Waals surface area contributed by atoms with Gasteiger partial charge in [0.1, 0.15) is 42.6 Å². The van der Waals surface area contributed by atoms with Gasteiger partial charge >= 0.3 is 0 Å². The van der Waals surface area contributed by atoms with Gasteiger partial charge in [-0.1, -0.05) is 102 Å². The van der Waals surface area contributed by atoms with Crippen LogP contribution in [0.15, 0.2) is 120 Å². The van der Waals surface area contributed by atoms with E-state index >= 15 is 0 Å². The molecule has 4 aliphatic rings. The van der Waals surface area contributed by atoms with Crippen LogP contribution in [0.3, 0.4) is 0 Å². The lowest BCUT2D eigenvalue weighted by Gasteiger charge is -2.33. The van der Waals surface area contributed by atoms with Crippen molar-refractivity contribution in [1.29, 1.82) is 0 Å². The summed E-state index contributed by atoms with van der Waals surface area (Å²) < 4.78 is 0. The summed E-state index contributed by atoms with van der Waals surface area (Å²) in [5.41, 5.74) is 11.1. The van der Waals surface area contributed by atoms with E-state index in [1.165, 1.54) is 17.5 Å². The van der Waals surface area contributed by atoms with Crippen LogP contribution in [0.25, 0.3) is 12.2 Å². The van der Waals surface area contributed by atoms with Gasteiger partial charge in [0, 0.05) is 59.6 Å². The first-order valence-electron chi connectivity index (χ1n) is 19.1. The molecule has 0 radical (unpaired) electrons. The monoisotopic (exact) mass is 742 g/mol. The maximum atomic E-state index is 9.59. The summed E-state index contributed by atoms with van der Waals surface area (Å²) in [5, 5.41) is 33.0. The molecular weight excluding hydrogens is 701 g/mol. The Morgan fingerprint density at radius 2 is 1.18 bits per heavy atom. The van der Waals surface area contributed by atoms with Crippen molar-refractivity contribution in [1.82, 2.24) is 40.3 Å². The number of hydrogen-bond donors (Lipinski definition) is 3. The summed E-state index contributed by atoms with van der Waals surface area (Å²) in [6.45, 7) is 0. The summed E-state index contributed by atoms with van der Waals surface area (Å²) in [5.74, 6) is 0.747. The largest absolute Gasteiger partial charge is 0.411 e. The minimum absolute atomic E-state index is 0.300. The first kappa shape index (κ1) is 35.2. The van der Waals surface area contributed by atoms with Crippen LogP contribution in [0.2, 0.25) is 0 Å². The van der Waals surface area contributed by atoms with Crippen LogP contribution in [-0.4, -0.2) is 64.1 Å². The maximum Gasteiger partial charge on any atom is 0.117 e. The van der Waals surface area contributed by atoms with Crippen molar-refractivity contribution >= 4 is 23.6 Å². The van der Waals surface area contributed by atoms with Gasteiger partial charge in [0.05, 0.1) is 22.2 Å². The minimum Gasteiger partial charge on any atom is -0.411 e. The Balaban J connectivity index is 0.000000146. The van der Waals surface area contributed by atoms with Crippen molar-refractivity contribution in [2.24, 2.45) is 22.1 Å². The number of aromatic nitrogens is 8. The van der Waals surface area contributed by atoms with Gasteiger partial charge in [-0.25, -0.2) is 19.9 Å². The van der Waals surface area contributed by atoms with Crippen LogP contribution >= 0.6 is 0 Å². The van der Waals surface area contributed by atoms with Crippen LogP contribution in [0.5, 0.6) is 0 Å². The Morgan fingerprint density at radius 3 is 1.59 bits per heavy atom. The summed E-state index contributed by atoms with van der Waals surface area (Å²) in [6, 6.07) is 24.8. The fourth-order valence-corrected chi connectivity index (χ4v) is 8.31. The van der Waals surface area contributed by atoms with E-state index in [1.807, 2.05) is 36.4 Å². The number of fused-ring (bicyclic) bond motifs is 2. The van der Waals surface area contributed by atoms with E-state index in [-0.39, 0.29) is 5.41 Å². The second-order valence-electron chi connectivity index (χ2n) is 14.9. The second kappa shape index (κ2) is 14.9. The fraction of sp³-hybridized carbons (Fsp3) is 0.273. The first-order valence-corrected chi connectivity index (χ1v) is 19.1. The van der Waals surface area contributed by atoms with Crippen LogP contribution in [0.1, 0.15) is 88.5 Å². The highest BCUT2D eigenvalue weighted by Crippen LogP contribution is 2.44. The molecule has 12 nitrogen and oxygen atoms in total. The second-order valence-corrected chi connectivity index (χ2v) is 14.9. The van der Waals surface area contributed by atoms with Crippen molar-refractivity contribution in [3.63, 3.8) is 0 Å². The van der Waals surface area contributed by atoms with Crippen LogP contribution in [0.4, 0.5) is 0 Å². The van der Waals surface area contributed by atoms with Crippen molar-refractivity contribution < 1.29 is 10.0 Å². The maximum absolute atomic E-state index is 9.59. The number of hydrogen-bond acceptors (Lipinski definition) is 10. The van der Waals surface area contributed by atoms with Gasteiger partial charge in [0.2, 0.25) is 0 Å². The Kier molecular flexibility index (Phi) is 9.38. The highest BCUT2D eigenvalue weighted by Gasteiger charge is 2.41. The number of oxime groups is 2. The lowest BCUT2D eigenvalue weighted by atomic mass is 9.70. The van der Waals surface area contributed by atoms with E-state index in [4.69, 9.17) is 4.84 Å². The van der Waals surface area contributed by atoms with E-state index in [0.29, 0.717) is 24.0 Å². The van der Waals surface area contributed by atoms with E-state index in [0.717, 1.165) is 83.1 Å². The summed E-state index contributed by atoms with van der Waals surface area (Å²) in [6.07, 6.45) is 22.5. The molecule has 6 aromatic rings. The average Bonchev–Trinajstić information content (AvgIpc) is 3.89. The van der Waals surface area contributed by atoms with Crippen molar-refractivity contribution in [2.75, 3.05) is 7.11 Å². The molecule has 4 aliphatic carbocycles. The van der Waals surface area contributed by atoms with Gasteiger partial charge in [-0.2, -0.15) is 10.2 Å². The number of H-pyrrole nitrogens is 2. The number of nitrogens with one attached hydrogen (secondary N) is 2. The Bertz CT molecular complexity index is 2330. The molecule has 2 saturated carbocycles. The third kappa shape index (κ3) is 6.30. The highest BCUT2D eigenvalue weighted by molar-refractivity contribution is 6.05.